The van der Waals surface area contributed by atoms with E-state index in [0.717, 1.165) is 140 Å². The first-order valence-corrected chi connectivity index (χ1v) is 23.6. The Morgan fingerprint density at radius 2 is 0.833 bits per heavy atom. The van der Waals surface area contributed by atoms with E-state index in [2.05, 4.69) is 0 Å². The van der Waals surface area contributed by atoms with Crippen LogP contribution in [0.4, 0.5) is 0 Å². The summed E-state index contributed by atoms with van der Waals surface area (Å²) in [6.07, 6.45) is 16.7. The third-order valence-electron chi connectivity index (χ3n) is 10.4. The van der Waals surface area contributed by atoms with Gasteiger partial charge in [-0.05, 0) is 115 Å². The minimum atomic E-state index is -3.62. The normalized spacial score (nSPS) is 18.4. The van der Waals surface area contributed by atoms with Gasteiger partial charge >= 0.3 is 0 Å². The van der Waals surface area contributed by atoms with Crippen LogP contribution in [0.15, 0.2) is 58.3 Å². The predicted molar refractivity (Wildman–Crippen MR) is 214 cm³/mol. The van der Waals surface area contributed by atoms with Crippen molar-refractivity contribution in [2.24, 2.45) is 0 Å². The van der Waals surface area contributed by atoms with E-state index in [9.17, 15) is 16.8 Å². The Balaban J connectivity index is 1.22. The zero-order valence-corrected chi connectivity index (χ0v) is 34.8. The molecule has 2 aliphatic heterocycles. The molecule has 0 spiro atoms. The van der Waals surface area contributed by atoms with Crippen molar-refractivity contribution in [3.05, 3.63) is 59.7 Å². The largest absolute Gasteiger partial charge is 0.353 e. The third kappa shape index (κ3) is 15.9. The quantitative estimate of drug-likeness (QED) is 0.0827. The molecule has 2 unspecified atom stereocenters. The Hall–Kier alpha value is -1.90. The minimum Gasteiger partial charge on any atom is -0.353 e. The molecule has 306 valence electrons. The molecule has 0 amide bonds. The molecule has 2 heterocycles. The Morgan fingerprint density at radius 1 is 0.500 bits per heavy atom. The van der Waals surface area contributed by atoms with Crippen LogP contribution in [0, 0.1) is 13.8 Å². The Labute approximate surface area is 327 Å². The van der Waals surface area contributed by atoms with Crippen molar-refractivity contribution in [1.29, 1.82) is 0 Å². The van der Waals surface area contributed by atoms with E-state index in [1.807, 2.05) is 38.1 Å². The number of unbranched alkanes of at least 4 members (excludes halogenated alkanes) is 9. The zero-order chi connectivity index (χ0) is 38.5. The summed E-state index contributed by atoms with van der Waals surface area (Å²) in [4.78, 5) is 0.661. The van der Waals surface area contributed by atoms with Gasteiger partial charge in [-0.25, -0.2) is 16.8 Å². The molecular formula is C42H68N2O8S2. The summed E-state index contributed by atoms with van der Waals surface area (Å²) in [6.45, 7) is 8.65. The van der Waals surface area contributed by atoms with Crippen LogP contribution >= 0.6 is 0 Å². The Bertz CT molecular complexity index is 1390. The van der Waals surface area contributed by atoms with Crippen molar-refractivity contribution < 1.29 is 35.8 Å². The molecule has 2 aromatic carbocycles. The zero-order valence-electron chi connectivity index (χ0n) is 33.1. The average Bonchev–Trinajstić information content (AvgIpc) is 3.17. The van der Waals surface area contributed by atoms with E-state index in [1.165, 1.54) is 0 Å². The fourth-order valence-electron chi connectivity index (χ4n) is 6.96. The molecule has 0 aliphatic carbocycles. The van der Waals surface area contributed by atoms with E-state index >= 15 is 0 Å². The maximum Gasteiger partial charge on any atom is 0.243 e. The second kappa shape index (κ2) is 24.7. The maximum absolute atomic E-state index is 13.7. The topological polar surface area (TPSA) is 112 Å². The van der Waals surface area contributed by atoms with Crippen molar-refractivity contribution in [3.8, 4) is 0 Å². The number of ether oxygens (including phenoxy) is 4. The summed E-state index contributed by atoms with van der Waals surface area (Å²) in [7, 11) is -7.25. The van der Waals surface area contributed by atoms with Crippen molar-refractivity contribution in [3.63, 3.8) is 0 Å². The van der Waals surface area contributed by atoms with Crippen LogP contribution in [0.2, 0.25) is 0 Å². The lowest BCUT2D eigenvalue weighted by atomic mass is 10.1. The molecule has 0 saturated carbocycles. The fourth-order valence-corrected chi connectivity index (χ4v) is 9.99. The fraction of sp³-hybridized carbons (Fsp3) is 0.714. The highest BCUT2D eigenvalue weighted by Crippen LogP contribution is 2.22. The second-order valence-electron chi connectivity index (χ2n) is 15.0. The number of aryl methyl sites for hydroxylation is 2. The van der Waals surface area contributed by atoms with Crippen molar-refractivity contribution >= 4 is 20.0 Å². The maximum atomic E-state index is 13.7. The first kappa shape index (κ1) is 44.8. The van der Waals surface area contributed by atoms with Gasteiger partial charge in [0.1, 0.15) is 0 Å². The first-order chi connectivity index (χ1) is 26.2. The monoisotopic (exact) mass is 792 g/mol. The summed E-state index contributed by atoms with van der Waals surface area (Å²) in [5.41, 5.74) is 2.05. The number of nitrogens with zero attached hydrogens (tertiary/aromatic N) is 2. The molecule has 2 aliphatic rings. The van der Waals surface area contributed by atoms with Gasteiger partial charge in [-0.1, -0.05) is 73.9 Å². The Kier molecular flexibility index (Phi) is 20.5. The van der Waals surface area contributed by atoms with Crippen LogP contribution in [0.25, 0.3) is 0 Å². The standard InChI is InChI=1S/C42H68N2O8S2/c1-37-21-25-39(26-22-37)53(45,46)43(31-13-5-7-15-33-49-41-19-9-17-35-51-41)29-11-3-4-12-30-44(54(47,48)40-27-23-38(2)24-28-40)32-14-6-8-16-34-50-42-20-10-18-36-52-42/h21-28,41-42H,3-20,29-36H2,1-2H3. The lowest BCUT2D eigenvalue weighted by Gasteiger charge is -2.24. The van der Waals surface area contributed by atoms with E-state index in [4.69, 9.17) is 18.9 Å². The molecule has 0 radical (unpaired) electrons. The minimum absolute atomic E-state index is 0.0720. The van der Waals surface area contributed by atoms with Gasteiger partial charge in [-0.15, -0.1) is 0 Å². The molecule has 2 aromatic rings. The number of hydrogen-bond acceptors (Lipinski definition) is 8. The SMILES string of the molecule is Cc1ccc(S(=O)(=O)N(CCCCCCOC2CCCCO2)CCCCCCN(CCCCCCOC2CCCCO2)S(=O)(=O)c2ccc(C)cc2)cc1. The third-order valence-corrected chi connectivity index (χ3v) is 14.2. The highest BCUT2D eigenvalue weighted by molar-refractivity contribution is 7.89. The van der Waals surface area contributed by atoms with E-state index < -0.39 is 20.0 Å². The predicted octanol–water partition coefficient (Wildman–Crippen LogP) is 8.75. The Morgan fingerprint density at radius 3 is 1.15 bits per heavy atom. The molecule has 10 nitrogen and oxygen atoms in total. The van der Waals surface area contributed by atoms with Crippen LogP contribution in [-0.4, -0.2) is 90.6 Å². The number of sulfonamides is 2. The highest BCUT2D eigenvalue weighted by atomic mass is 32.2. The van der Waals surface area contributed by atoms with Gasteiger partial charge in [0.05, 0.1) is 9.79 Å². The number of benzene rings is 2. The molecule has 2 atom stereocenters. The van der Waals surface area contributed by atoms with Crippen molar-refractivity contribution in [2.75, 3.05) is 52.6 Å². The smallest absolute Gasteiger partial charge is 0.243 e. The highest BCUT2D eigenvalue weighted by Gasteiger charge is 2.25. The molecule has 0 bridgehead atoms. The lowest BCUT2D eigenvalue weighted by Crippen LogP contribution is -2.33. The van der Waals surface area contributed by atoms with Crippen LogP contribution in [-0.2, 0) is 39.0 Å². The number of rotatable bonds is 27. The molecule has 54 heavy (non-hydrogen) atoms. The molecule has 0 aromatic heterocycles. The van der Waals surface area contributed by atoms with Gasteiger partial charge in [0, 0.05) is 52.6 Å². The van der Waals surface area contributed by atoms with E-state index in [1.54, 1.807) is 32.9 Å². The van der Waals surface area contributed by atoms with Crippen LogP contribution in [0.3, 0.4) is 0 Å². The van der Waals surface area contributed by atoms with Gasteiger partial charge in [0.2, 0.25) is 20.0 Å². The van der Waals surface area contributed by atoms with Crippen molar-refractivity contribution in [2.45, 2.75) is 152 Å². The summed E-state index contributed by atoms with van der Waals surface area (Å²) in [5.74, 6) is 0. The molecule has 4 rings (SSSR count). The van der Waals surface area contributed by atoms with Gasteiger partial charge in [-0.2, -0.15) is 8.61 Å². The lowest BCUT2D eigenvalue weighted by molar-refractivity contribution is -0.163. The van der Waals surface area contributed by atoms with Gasteiger partial charge in [-0.3, -0.25) is 0 Å². The summed E-state index contributed by atoms with van der Waals surface area (Å²) in [6, 6.07) is 14.2. The summed E-state index contributed by atoms with van der Waals surface area (Å²) < 4.78 is 81.2. The number of hydrogen-bond donors (Lipinski definition) is 0. The van der Waals surface area contributed by atoms with E-state index in [0.29, 0.717) is 49.2 Å². The molecule has 2 fully saturated rings. The van der Waals surface area contributed by atoms with Gasteiger partial charge < -0.3 is 18.9 Å². The van der Waals surface area contributed by atoms with Gasteiger partial charge in [0.15, 0.2) is 12.6 Å². The van der Waals surface area contributed by atoms with E-state index in [-0.39, 0.29) is 12.6 Å². The van der Waals surface area contributed by atoms with Crippen LogP contribution in [0.1, 0.15) is 127 Å². The van der Waals surface area contributed by atoms with Gasteiger partial charge in [0.25, 0.3) is 0 Å². The summed E-state index contributed by atoms with van der Waals surface area (Å²) in [5, 5.41) is 0. The molecule has 0 N–H and O–H groups in total. The van der Waals surface area contributed by atoms with Crippen LogP contribution in [0.5, 0.6) is 0 Å². The molecule has 12 heteroatoms. The average molecular weight is 793 g/mol. The second-order valence-corrected chi connectivity index (χ2v) is 18.9. The summed E-state index contributed by atoms with van der Waals surface area (Å²) >= 11 is 0. The first-order valence-electron chi connectivity index (χ1n) is 20.8. The molecular weight excluding hydrogens is 725 g/mol. The van der Waals surface area contributed by atoms with Crippen LogP contribution < -0.4 is 0 Å². The van der Waals surface area contributed by atoms with Crippen molar-refractivity contribution in [1.82, 2.24) is 8.61 Å². The molecule has 2 saturated heterocycles.